The second-order valence-electron chi connectivity index (χ2n) is 20.3. The lowest BCUT2D eigenvalue weighted by atomic mass is 9.93. The lowest BCUT2D eigenvalue weighted by Gasteiger charge is -2.26. The summed E-state index contributed by atoms with van der Waals surface area (Å²) in [6, 6.07) is 20.9. The van der Waals surface area contributed by atoms with E-state index in [-0.39, 0.29) is 49.5 Å². The normalized spacial score (nSPS) is 13.4. The number of rotatable bonds is 52. The highest BCUT2D eigenvalue weighted by atomic mass is 16.6. The van der Waals surface area contributed by atoms with Crippen LogP contribution in [-0.2, 0) is 75.8 Å². The molecule has 0 aliphatic rings. The Morgan fingerprint density at radius 2 is 0.560 bits per heavy atom. The van der Waals surface area contributed by atoms with Crippen molar-refractivity contribution >= 4 is 21.5 Å². The molecule has 0 aliphatic heterocycles. The fraction of sp³-hybridized carbons (Fsp3) is 0.625. The number of hydrogen-bond acceptors (Lipinski definition) is 20. The number of ether oxygens (including phenoxy) is 18. The van der Waals surface area contributed by atoms with E-state index in [1.54, 1.807) is 53.2 Å². The van der Waals surface area contributed by atoms with Crippen LogP contribution >= 0.6 is 0 Å². The molecule has 470 valence electrons. The SMILES string of the molecule is COCCOCCOC[C@H](C)OCC(COc1c(OCC(CO[C@@H](C)COCCOCCOC)CO[C@@H](C)COCCOCCOC)c2ccc(-c3ccncc3)cc2c2cc(-c3ccncc3)ccc12)CO[C@@H](C)COCCOCCOC. The molecule has 0 N–H and O–H groups in total. The maximum Gasteiger partial charge on any atom is 0.169 e. The lowest BCUT2D eigenvalue weighted by molar-refractivity contribution is -0.0704. The molecular weight excluding hydrogens is 1080 g/mol. The Kier molecular flexibility index (Phi) is 36.7. The fourth-order valence-electron chi connectivity index (χ4n) is 8.44. The summed E-state index contributed by atoms with van der Waals surface area (Å²) in [5, 5.41) is 3.69. The van der Waals surface area contributed by atoms with E-state index >= 15 is 0 Å². The average Bonchev–Trinajstić information content (AvgIpc) is 2.71. The predicted molar refractivity (Wildman–Crippen MR) is 322 cm³/mol. The third kappa shape index (κ3) is 27.9. The molecule has 0 spiro atoms. The standard InChI is InChI=1S/C64H96N2O18/c1-49(39-75-33-29-71-25-21-67-5)79-43-53(44-80-50(2)40-76-34-30-72-26-22-68-6)47-83-63-59-11-9-57(55-13-17-65-18-14-55)37-61(59)62-38-58(56-15-19-66-20-16-56)10-12-60(62)64(63)84-48-54(45-81-51(3)41-77-35-31-73-27-23-69-7)46-82-52(4)42-78-36-32-74-28-24-70-8/h9-20,37-38,49-54H,21-36,39-48H2,1-8H3/t49-,50-,51-,52-/m0/s1. The monoisotopic (exact) mass is 1180 g/mol. The quantitative estimate of drug-likeness (QED) is 0.0266. The molecule has 0 aliphatic carbocycles. The molecule has 0 unspecified atom stereocenters. The molecule has 0 amide bonds. The van der Waals surface area contributed by atoms with Gasteiger partial charge >= 0.3 is 0 Å². The van der Waals surface area contributed by atoms with Gasteiger partial charge in [-0.25, -0.2) is 0 Å². The van der Waals surface area contributed by atoms with Crippen LogP contribution in [0.2, 0.25) is 0 Å². The lowest BCUT2D eigenvalue weighted by Crippen LogP contribution is -2.30. The first-order valence-corrected chi connectivity index (χ1v) is 29.4. The molecule has 0 saturated heterocycles. The van der Waals surface area contributed by atoms with E-state index in [0.29, 0.717) is 170 Å². The Hall–Kier alpha value is -4.56. The minimum absolute atomic E-state index is 0.222. The second-order valence-corrected chi connectivity index (χ2v) is 20.3. The van der Waals surface area contributed by atoms with Gasteiger partial charge < -0.3 is 85.3 Å². The van der Waals surface area contributed by atoms with Crippen molar-refractivity contribution < 1.29 is 85.3 Å². The molecule has 2 aromatic heterocycles. The number of benzene rings is 3. The van der Waals surface area contributed by atoms with Crippen molar-refractivity contribution in [3.05, 3.63) is 85.5 Å². The van der Waals surface area contributed by atoms with Crippen molar-refractivity contribution in [3.8, 4) is 33.8 Å². The fourth-order valence-corrected chi connectivity index (χ4v) is 8.44. The van der Waals surface area contributed by atoms with Crippen LogP contribution in [-0.4, -0.2) is 235 Å². The highest BCUT2D eigenvalue weighted by Crippen LogP contribution is 2.46. The summed E-state index contributed by atoms with van der Waals surface area (Å²) >= 11 is 0. The molecule has 4 atom stereocenters. The summed E-state index contributed by atoms with van der Waals surface area (Å²) in [6.45, 7) is 18.9. The second kappa shape index (κ2) is 44.0. The highest BCUT2D eigenvalue weighted by Gasteiger charge is 2.24. The summed E-state index contributed by atoms with van der Waals surface area (Å²) in [5.74, 6) is 0.702. The van der Waals surface area contributed by atoms with Gasteiger partial charge in [-0.2, -0.15) is 0 Å². The van der Waals surface area contributed by atoms with Gasteiger partial charge in [0, 0.05) is 75.8 Å². The molecule has 0 fully saturated rings. The van der Waals surface area contributed by atoms with Gasteiger partial charge in [-0.3, -0.25) is 9.97 Å². The summed E-state index contributed by atoms with van der Waals surface area (Å²) in [5.41, 5.74) is 4.11. The van der Waals surface area contributed by atoms with Crippen molar-refractivity contribution in [1.29, 1.82) is 0 Å². The Morgan fingerprint density at radius 3 is 0.845 bits per heavy atom. The van der Waals surface area contributed by atoms with E-state index in [4.69, 9.17) is 85.3 Å². The van der Waals surface area contributed by atoms with Gasteiger partial charge in [0.05, 0.1) is 196 Å². The zero-order valence-electron chi connectivity index (χ0n) is 51.2. The van der Waals surface area contributed by atoms with Crippen molar-refractivity contribution in [2.75, 3.05) is 200 Å². The maximum absolute atomic E-state index is 7.19. The Morgan fingerprint density at radius 1 is 0.286 bits per heavy atom. The molecule has 3 aromatic carbocycles. The van der Waals surface area contributed by atoms with E-state index in [9.17, 15) is 0 Å². The molecule has 84 heavy (non-hydrogen) atoms. The number of pyridine rings is 2. The molecule has 20 nitrogen and oxygen atoms in total. The largest absolute Gasteiger partial charge is 0.489 e. The number of aromatic nitrogens is 2. The first-order chi connectivity index (χ1) is 41.2. The van der Waals surface area contributed by atoms with Crippen molar-refractivity contribution in [2.24, 2.45) is 11.8 Å². The summed E-state index contributed by atoms with van der Waals surface area (Å²) in [6.07, 6.45) is 6.32. The number of fused-ring (bicyclic) bond motifs is 3. The maximum atomic E-state index is 7.19. The van der Waals surface area contributed by atoms with Crippen molar-refractivity contribution in [1.82, 2.24) is 9.97 Å². The molecule has 5 aromatic rings. The van der Waals surface area contributed by atoms with Gasteiger partial charge in [0.25, 0.3) is 0 Å². The average molecular weight is 1180 g/mol. The summed E-state index contributed by atoms with van der Waals surface area (Å²) < 4.78 is 107. The summed E-state index contributed by atoms with van der Waals surface area (Å²) in [7, 11) is 6.60. The van der Waals surface area contributed by atoms with Crippen LogP contribution in [0.15, 0.2) is 85.5 Å². The minimum Gasteiger partial charge on any atom is -0.489 e. The first kappa shape index (κ1) is 70.2. The van der Waals surface area contributed by atoms with Crippen LogP contribution < -0.4 is 9.47 Å². The summed E-state index contributed by atoms with van der Waals surface area (Å²) in [4.78, 5) is 8.61. The Bertz CT molecular complexity index is 2210. The molecule has 5 rings (SSSR count). The van der Waals surface area contributed by atoms with Crippen LogP contribution in [0.1, 0.15) is 27.7 Å². The topological polar surface area (TPSA) is 192 Å². The molecular formula is C64H96N2O18. The van der Waals surface area contributed by atoms with Gasteiger partial charge in [0.2, 0.25) is 0 Å². The number of methoxy groups -OCH3 is 4. The van der Waals surface area contributed by atoms with Gasteiger partial charge in [0.15, 0.2) is 11.5 Å². The number of hydrogen-bond donors (Lipinski definition) is 0. The van der Waals surface area contributed by atoms with Crippen LogP contribution in [0.3, 0.4) is 0 Å². The van der Waals surface area contributed by atoms with Gasteiger partial charge in [-0.15, -0.1) is 0 Å². The van der Waals surface area contributed by atoms with Crippen molar-refractivity contribution in [2.45, 2.75) is 52.1 Å². The molecule has 2 heterocycles. The zero-order valence-corrected chi connectivity index (χ0v) is 51.2. The van der Waals surface area contributed by atoms with Crippen LogP contribution in [0, 0.1) is 11.8 Å². The Labute approximate surface area is 498 Å². The smallest absolute Gasteiger partial charge is 0.169 e. The molecule has 0 saturated carbocycles. The van der Waals surface area contributed by atoms with E-state index in [0.717, 1.165) is 43.8 Å². The van der Waals surface area contributed by atoms with Crippen LogP contribution in [0.4, 0.5) is 0 Å². The minimum atomic E-state index is -0.232. The molecule has 0 bridgehead atoms. The third-order valence-electron chi connectivity index (χ3n) is 13.1. The molecule has 0 radical (unpaired) electrons. The van der Waals surface area contributed by atoms with Crippen molar-refractivity contribution in [3.63, 3.8) is 0 Å². The van der Waals surface area contributed by atoms with Gasteiger partial charge in [-0.1, -0.05) is 12.1 Å². The zero-order chi connectivity index (χ0) is 59.7. The van der Waals surface area contributed by atoms with E-state index in [1.807, 2.05) is 52.0 Å². The first-order valence-electron chi connectivity index (χ1n) is 29.4. The van der Waals surface area contributed by atoms with Gasteiger partial charge in [0.1, 0.15) is 0 Å². The molecule has 20 heteroatoms. The number of nitrogens with zero attached hydrogens (tertiary/aromatic N) is 2. The predicted octanol–water partition coefficient (Wildman–Crippen LogP) is 8.45. The van der Waals surface area contributed by atoms with Crippen LogP contribution in [0.25, 0.3) is 43.8 Å². The van der Waals surface area contributed by atoms with E-state index in [2.05, 4.69) is 46.4 Å². The van der Waals surface area contributed by atoms with Gasteiger partial charge in [-0.05, 0) is 109 Å². The van der Waals surface area contributed by atoms with Crippen LogP contribution in [0.5, 0.6) is 11.5 Å². The van der Waals surface area contributed by atoms with E-state index < -0.39 is 0 Å². The highest BCUT2D eigenvalue weighted by molar-refractivity contribution is 6.15. The third-order valence-corrected chi connectivity index (χ3v) is 13.1. The Balaban J connectivity index is 1.48. The van der Waals surface area contributed by atoms with E-state index in [1.165, 1.54) is 0 Å².